The summed E-state index contributed by atoms with van der Waals surface area (Å²) in [7, 11) is -3.64. The fourth-order valence-electron chi connectivity index (χ4n) is 2.37. The topological polar surface area (TPSA) is 78.9 Å². The molecule has 0 bridgehead atoms. The lowest BCUT2D eigenvalue weighted by molar-refractivity contribution is -0.150. The predicted molar refractivity (Wildman–Crippen MR) is 85.1 cm³/mol. The number of fused-ring (bicyclic) bond motifs is 2. The van der Waals surface area contributed by atoms with E-state index in [1.165, 1.54) is 24.3 Å². The van der Waals surface area contributed by atoms with Gasteiger partial charge in [-0.1, -0.05) is 12.1 Å². The molecule has 1 aliphatic rings. The summed E-state index contributed by atoms with van der Waals surface area (Å²) in [6.07, 6.45) is -0.810. The molecular weight excluding hydrogens is 332 g/mol. The standard InChI is InChI=1S/C17H16O6S/c1-3-21-17(18)11(2)22-12-8-9-16-14(10-12)23-13-6-4-5-7-15(13)24(16,19)20/h4-11H,3H2,1-2H3. The van der Waals surface area contributed by atoms with Crippen molar-refractivity contribution in [1.82, 2.24) is 0 Å². The van der Waals surface area contributed by atoms with Crippen molar-refractivity contribution in [1.29, 1.82) is 0 Å². The van der Waals surface area contributed by atoms with Crippen LogP contribution in [-0.4, -0.2) is 27.1 Å². The van der Waals surface area contributed by atoms with E-state index in [-0.39, 0.29) is 27.9 Å². The van der Waals surface area contributed by atoms with Crippen LogP contribution in [0.5, 0.6) is 17.2 Å². The number of esters is 1. The Morgan fingerprint density at radius 3 is 2.58 bits per heavy atom. The summed E-state index contributed by atoms with van der Waals surface area (Å²) < 4.78 is 41.3. The van der Waals surface area contributed by atoms with Crippen molar-refractivity contribution in [3.8, 4) is 17.2 Å². The van der Waals surface area contributed by atoms with E-state index in [0.29, 0.717) is 5.75 Å². The highest BCUT2D eigenvalue weighted by Gasteiger charge is 2.31. The van der Waals surface area contributed by atoms with Gasteiger partial charge in [0, 0.05) is 6.07 Å². The van der Waals surface area contributed by atoms with Crippen LogP contribution >= 0.6 is 0 Å². The molecule has 7 heteroatoms. The molecule has 6 nitrogen and oxygen atoms in total. The van der Waals surface area contributed by atoms with Gasteiger partial charge in [-0.15, -0.1) is 0 Å². The zero-order valence-corrected chi connectivity index (χ0v) is 14.0. The van der Waals surface area contributed by atoms with Gasteiger partial charge < -0.3 is 14.2 Å². The number of carbonyl (C=O) groups excluding carboxylic acids is 1. The van der Waals surface area contributed by atoms with Crippen molar-refractivity contribution in [2.45, 2.75) is 29.7 Å². The van der Waals surface area contributed by atoms with Crippen LogP contribution in [0.1, 0.15) is 13.8 Å². The van der Waals surface area contributed by atoms with Crippen LogP contribution in [0, 0.1) is 0 Å². The number of benzene rings is 2. The molecule has 0 saturated heterocycles. The van der Waals surface area contributed by atoms with Gasteiger partial charge in [0.1, 0.15) is 27.0 Å². The fraction of sp³-hybridized carbons (Fsp3) is 0.235. The van der Waals surface area contributed by atoms with Crippen LogP contribution in [0.25, 0.3) is 0 Å². The van der Waals surface area contributed by atoms with Gasteiger partial charge in [-0.25, -0.2) is 13.2 Å². The number of para-hydroxylation sites is 1. The summed E-state index contributed by atoms with van der Waals surface area (Å²) in [4.78, 5) is 11.8. The quantitative estimate of drug-likeness (QED) is 0.675. The molecule has 0 spiro atoms. The van der Waals surface area contributed by atoms with Crippen LogP contribution in [0.15, 0.2) is 52.3 Å². The molecule has 0 aliphatic carbocycles. The molecule has 0 aromatic heterocycles. The van der Waals surface area contributed by atoms with Gasteiger partial charge in [0.25, 0.3) is 0 Å². The highest BCUT2D eigenvalue weighted by atomic mass is 32.2. The number of sulfone groups is 1. The molecule has 0 N–H and O–H groups in total. The first-order valence-corrected chi connectivity index (χ1v) is 8.91. The Balaban J connectivity index is 1.92. The molecule has 1 aliphatic heterocycles. The molecule has 2 aromatic carbocycles. The SMILES string of the molecule is CCOC(=O)C(C)Oc1ccc2c(c1)Oc1ccccc1S2(=O)=O. The van der Waals surface area contributed by atoms with E-state index in [1.54, 1.807) is 32.0 Å². The zero-order valence-electron chi connectivity index (χ0n) is 13.2. The van der Waals surface area contributed by atoms with Crippen LogP contribution in [0.4, 0.5) is 0 Å². The van der Waals surface area contributed by atoms with Crippen molar-refractivity contribution in [3.05, 3.63) is 42.5 Å². The van der Waals surface area contributed by atoms with Crippen LogP contribution in [0.3, 0.4) is 0 Å². The normalized spacial score (nSPS) is 15.4. The van der Waals surface area contributed by atoms with E-state index < -0.39 is 21.9 Å². The number of rotatable bonds is 4. The third-order valence-electron chi connectivity index (χ3n) is 3.49. The van der Waals surface area contributed by atoms with E-state index in [9.17, 15) is 13.2 Å². The van der Waals surface area contributed by atoms with Crippen molar-refractivity contribution in [3.63, 3.8) is 0 Å². The number of hydrogen-bond acceptors (Lipinski definition) is 6. The van der Waals surface area contributed by atoms with Crippen molar-refractivity contribution in [2.75, 3.05) is 6.61 Å². The summed E-state index contributed by atoms with van der Waals surface area (Å²) in [5.41, 5.74) is 0. The monoisotopic (exact) mass is 348 g/mol. The minimum absolute atomic E-state index is 0.0670. The Kier molecular flexibility index (Phi) is 4.19. The van der Waals surface area contributed by atoms with Gasteiger partial charge in [0.15, 0.2) is 6.10 Å². The largest absolute Gasteiger partial charge is 0.479 e. The van der Waals surface area contributed by atoms with E-state index in [0.717, 1.165) is 0 Å². The van der Waals surface area contributed by atoms with E-state index in [4.69, 9.17) is 14.2 Å². The maximum Gasteiger partial charge on any atom is 0.347 e. The molecule has 0 saturated carbocycles. The van der Waals surface area contributed by atoms with Crippen LogP contribution < -0.4 is 9.47 Å². The Morgan fingerprint density at radius 1 is 1.12 bits per heavy atom. The molecule has 0 amide bonds. The van der Waals surface area contributed by atoms with Gasteiger partial charge in [-0.2, -0.15) is 0 Å². The fourth-order valence-corrected chi connectivity index (χ4v) is 3.85. The molecule has 1 heterocycles. The molecule has 0 fully saturated rings. The maximum absolute atomic E-state index is 12.6. The maximum atomic E-state index is 12.6. The van der Waals surface area contributed by atoms with Crippen LogP contribution in [0.2, 0.25) is 0 Å². The Bertz CT molecular complexity index is 888. The third-order valence-corrected chi connectivity index (χ3v) is 5.33. The Labute approximate surface area is 139 Å². The average molecular weight is 348 g/mol. The second-order valence-electron chi connectivity index (χ2n) is 5.17. The molecule has 2 aromatic rings. The Hall–Kier alpha value is -2.54. The van der Waals surface area contributed by atoms with Gasteiger partial charge >= 0.3 is 5.97 Å². The molecule has 0 radical (unpaired) electrons. The second-order valence-corrected chi connectivity index (χ2v) is 7.06. The molecule has 1 unspecified atom stereocenters. The zero-order chi connectivity index (χ0) is 17.3. The molecule has 1 atom stereocenters. The Morgan fingerprint density at radius 2 is 1.83 bits per heavy atom. The van der Waals surface area contributed by atoms with E-state index in [1.807, 2.05) is 0 Å². The highest BCUT2D eigenvalue weighted by molar-refractivity contribution is 7.91. The lowest BCUT2D eigenvalue weighted by Gasteiger charge is -2.21. The van der Waals surface area contributed by atoms with Gasteiger partial charge in [0.05, 0.1) is 6.61 Å². The number of carbonyl (C=O) groups is 1. The van der Waals surface area contributed by atoms with E-state index in [2.05, 4.69) is 0 Å². The molecule has 24 heavy (non-hydrogen) atoms. The molecule has 3 rings (SSSR count). The smallest absolute Gasteiger partial charge is 0.347 e. The summed E-state index contributed by atoms with van der Waals surface area (Å²) in [5, 5.41) is 0. The first-order chi connectivity index (χ1) is 11.4. The minimum Gasteiger partial charge on any atom is -0.479 e. The van der Waals surface area contributed by atoms with E-state index >= 15 is 0 Å². The lowest BCUT2D eigenvalue weighted by atomic mass is 10.3. The van der Waals surface area contributed by atoms with Crippen LogP contribution in [-0.2, 0) is 19.4 Å². The summed E-state index contributed by atoms with van der Waals surface area (Å²) >= 11 is 0. The second kappa shape index (κ2) is 6.16. The number of ether oxygens (including phenoxy) is 3. The summed E-state index contributed by atoms with van der Waals surface area (Å²) in [6.45, 7) is 3.53. The van der Waals surface area contributed by atoms with Crippen molar-refractivity contribution >= 4 is 15.8 Å². The predicted octanol–water partition coefficient (Wildman–Crippen LogP) is 2.96. The van der Waals surface area contributed by atoms with Gasteiger partial charge in [-0.3, -0.25) is 0 Å². The molecular formula is C17H16O6S. The lowest BCUT2D eigenvalue weighted by Crippen LogP contribution is -2.26. The first-order valence-electron chi connectivity index (χ1n) is 7.43. The summed E-state index contributed by atoms with van der Waals surface area (Å²) in [6, 6.07) is 10.8. The third kappa shape index (κ3) is 2.82. The first kappa shape index (κ1) is 16.3. The molecule has 126 valence electrons. The van der Waals surface area contributed by atoms with Gasteiger partial charge in [0.2, 0.25) is 9.84 Å². The van der Waals surface area contributed by atoms with Crippen molar-refractivity contribution < 1.29 is 27.4 Å². The number of hydrogen-bond donors (Lipinski definition) is 0. The minimum atomic E-state index is -3.64. The van der Waals surface area contributed by atoms with Crippen molar-refractivity contribution in [2.24, 2.45) is 0 Å². The average Bonchev–Trinajstić information content (AvgIpc) is 2.55. The van der Waals surface area contributed by atoms with Gasteiger partial charge in [-0.05, 0) is 38.1 Å². The highest BCUT2D eigenvalue weighted by Crippen LogP contribution is 2.43. The summed E-state index contributed by atoms with van der Waals surface area (Å²) in [5.74, 6) is 0.265.